The number of alkyl halides is 2. The van der Waals surface area contributed by atoms with Gasteiger partial charge in [-0.25, -0.2) is 8.78 Å². The van der Waals surface area contributed by atoms with E-state index in [0.29, 0.717) is 0 Å². The van der Waals surface area contributed by atoms with Crippen LogP contribution in [0.2, 0.25) is 0 Å². The Kier molecular flexibility index (Phi) is 4.43. The number of ether oxygens (including phenoxy) is 1. The van der Waals surface area contributed by atoms with Crippen molar-refractivity contribution in [3.05, 3.63) is 0 Å². The number of rotatable bonds is 4. The van der Waals surface area contributed by atoms with Crippen LogP contribution in [0.5, 0.6) is 0 Å². The molecule has 0 radical (unpaired) electrons. The van der Waals surface area contributed by atoms with Crippen LogP contribution in [0.3, 0.4) is 0 Å². The summed E-state index contributed by atoms with van der Waals surface area (Å²) in [6, 6.07) is 0.0566. The number of nitrogens with one attached hydrogen (secondary N) is 1. The number of hydrogen-bond donors (Lipinski definition) is 2. The second kappa shape index (κ2) is 5.18. The van der Waals surface area contributed by atoms with Crippen molar-refractivity contribution in [2.24, 2.45) is 0 Å². The van der Waals surface area contributed by atoms with Crippen molar-refractivity contribution in [2.75, 3.05) is 13.2 Å². The lowest BCUT2D eigenvalue weighted by atomic mass is 10.00. The first-order valence-corrected chi connectivity index (χ1v) is 5.30. The van der Waals surface area contributed by atoms with E-state index in [1.807, 2.05) is 13.8 Å². The summed E-state index contributed by atoms with van der Waals surface area (Å²) < 4.78 is 31.0. The molecule has 1 saturated heterocycles. The Labute approximate surface area is 88.8 Å². The summed E-state index contributed by atoms with van der Waals surface area (Å²) in [5, 5.41) is 11.2. The quantitative estimate of drug-likeness (QED) is 0.751. The van der Waals surface area contributed by atoms with E-state index in [2.05, 4.69) is 5.32 Å². The molecular formula is C10H19F2NO2. The molecule has 0 aliphatic carbocycles. The molecule has 1 aliphatic rings. The third-order valence-electron chi connectivity index (χ3n) is 2.58. The maximum absolute atomic E-state index is 12.8. The minimum Gasteiger partial charge on any atom is -0.390 e. The molecule has 5 heteroatoms. The highest BCUT2D eigenvalue weighted by Gasteiger charge is 2.30. The Balaban J connectivity index is 2.32. The Morgan fingerprint density at radius 1 is 1.33 bits per heavy atom. The minimum absolute atomic E-state index is 0.0566. The van der Waals surface area contributed by atoms with Crippen molar-refractivity contribution < 1.29 is 18.6 Å². The lowest BCUT2D eigenvalue weighted by Gasteiger charge is -2.33. The standard InChI is InChI=1S/C10H19F2NO2/c1-7-3-9(4-8(2)15-7)13-5-10(11,12)6-14/h7-9,13-14H,3-6H2,1-2H3. The summed E-state index contributed by atoms with van der Waals surface area (Å²) in [6.45, 7) is 2.31. The van der Waals surface area contributed by atoms with Crippen LogP contribution in [0, 0.1) is 0 Å². The molecule has 1 aliphatic heterocycles. The first-order valence-electron chi connectivity index (χ1n) is 5.30. The van der Waals surface area contributed by atoms with Crippen molar-refractivity contribution in [3.8, 4) is 0 Å². The van der Waals surface area contributed by atoms with Crippen molar-refractivity contribution in [1.82, 2.24) is 5.32 Å². The molecule has 0 aromatic rings. The zero-order valence-electron chi connectivity index (χ0n) is 9.17. The normalized spacial score (nSPS) is 33.0. The topological polar surface area (TPSA) is 41.5 Å². The maximum atomic E-state index is 12.8. The molecule has 0 saturated carbocycles. The van der Waals surface area contributed by atoms with Crippen LogP contribution in [0.15, 0.2) is 0 Å². The van der Waals surface area contributed by atoms with Crippen LogP contribution in [0.25, 0.3) is 0 Å². The van der Waals surface area contributed by atoms with Gasteiger partial charge in [-0.2, -0.15) is 0 Å². The molecule has 1 rings (SSSR count). The average molecular weight is 223 g/mol. The monoisotopic (exact) mass is 223 g/mol. The second-order valence-corrected chi connectivity index (χ2v) is 4.32. The molecule has 0 aromatic heterocycles. The van der Waals surface area contributed by atoms with Gasteiger partial charge in [-0.15, -0.1) is 0 Å². The van der Waals surface area contributed by atoms with Gasteiger partial charge in [-0.05, 0) is 26.7 Å². The van der Waals surface area contributed by atoms with Gasteiger partial charge >= 0.3 is 0 Å². The van der Waals surface area contributed by atoms with Crippen molar-refractivity contribution in [2.45, 2.75) is 50.9 Å². The highest BCUT2D eigenvalue weighted by atomic mass is 19.3. The number of halogens is 2. The largest absolute Gasteiger partial charge is 0.390 e. The maximum Gasteiger partial charge on any atom is 0.282 e. The Bertz CT molecular complexity index is 192. The number of aliphatic hydroxyl groups excluding tert-OH is 1. The second-order valence-electron chi connectivity index (χ2n) is 4.32. The smallest absolute Gasteiger partial charge is 0.282 e. The molecule has 0 amide bonds. The van der Waals surface area contributed by atoms with Crippen molar-refractivity contribution in [3.63, 3.8) is 0 Å². The van der Waals surface area contributed by atoms with Crippen LogP contribution in [0.1, 0.15) is 26.7 Å². The highest BCUT2D eigenvalue weighted by molar-refractivity contribution is 4.81. The van der Waals surface area contributed by atoms with Gasteiger partial charge in [0, 0.05) is 6.04 Å². The number of hydrogen-bond acceptors (Lipinski definition) is 3. The minimum atomic E-state index is -3.02. The van der Waals surface area contributed by atoms with E-state index in [-0.39, 0.29) is 18.2 Å². The van der Waals surface area contributed by atoms with E-state index in [9.17, 15) is 8.78 Å². The van der Waals surface area contributed by atoms with Gasteiger partial charge in [0.15, 0.2) is 0 Å². The summed E-state index contributed by atoms with van der Waals surface area (Å²) in [5.41, 5.74) is 0. The zero-order valence-corrected chi connectivity index (χ0v) is 9.17. The fourth-order valence-electron chi connectivity index (χ4n) is 1.92. The molecule has 2 unspecified atom stereocenters. The predicted molar refractivity (Wildman–Crippen MR) is 53.1 cm³/mol. The van der Waals surface area contributed by atoms with Crippen LogP contribution < -0.4 is 5.32 Å². The van der Waals surface area contributed by atoms with Gasteiger partial charge in [-0.3, -0.25) is 0 Å². The Hall–Kier alpha value is -0.260. The summed E-state index contributed by atoms with van der Waals surface area (Å²) in [5.74, 6) is -3.02. The predicted octanol–water partition coefficient (Wildman–Crippen LogP) is 1.16. The molecule has 90 valence electrons. The fraction of sp³-hybridized carbons (Fsp3) is 1.00. The fourth-order valence-corrected chi connectivity index (χ4v) is 1.92. The molecular weight excluding hydrogens is 204 g/mol. The summed E-state index contributed by atoms with van der Waals surface area (Å²) in [4.78, 5) is 0. The van der Waals surface area contributed by atoms with E-state index in [1.165, 1.54) is 0 Å². The van der Waals surface area contributed by atoms with Gasteiger partial charge in [0.2, 0.25) is 0 Å². The first-order chi connectivity index (χ1) is 6.93. The number of aliphatic hydroxyl groups is 1. The van der Waals surface area contributed by atoms with Crippen molar-refractivity contribution >= 4 is 0 Å². The molecule has 3 nitrogen and oxygen atoms in total. The molecule has 0 aromatic carbocycles. The van der Waals surface area contributed by atoms with Gasteiger partial charge in [-0.1, -0.05) is 0 Å². The molecule has 1 fully saturated rings. The van der Waals surface area contributed by atoms with Gasteiger partial charge in [0.1, 0.15) is 6.61 Å². The van der Waals surface area contributed by atoms with Gasteiger partial charge in [0.05, 0.1) is 18.8 Å². The summed E-state index contributed by atoms with van der Waals surface area (Å²) in [6.07, 6.45) is 1.69. The van der Waals surface area contributed by atoms with Gasteiger partial charge < -0.3 is 15.2 Å². The molecule has 0 bridgehead atoms. The summed E-state index contributed by atoms with van der Waals surface area (Å²) >= 11 is 0. The van der Waals surface area contributed by atoms with E-state index in [0.717, 1.165) is 12.8 Å². The third kappa shape index (κ3) is 4.40. The average Bonchev–Trinajstić information content (AvgIpc) is 2.14. The third-order valence-corrected chi connectivity index (χ3v) is 2.58. The van der Waals surface area contributed by atoms with E-state index in [1.54, 1.807) is 0 Å². The van der Waals surface area contributed by atoms with Crippen LogP contribution in [-0.2, 0) is 4.74 Å². The van der Waals surface area contributed by atoms with Crippen LogP contribution in [-0.4, -0.2) is 42.4 Å². The zero-order chi connectivity index (χ0) is 11.5. The summed E-state index contributed by atoms with van der Waals surface area (Å²) in [7, 11) is 0. The van der Waals surface area contributed by atoms with Crippen LogP contribution >= 0.6 is 0 Å². The molecule has 2 N–H and O–H groups in total. The first kappa shape index (κ1) is 12.8. The van der Waals surface area contributed by atoms with E-state index < -0.39 is 19.1 Å². The van der Waals surface area contributed by atoms with Crippen molar-refractivity contribution in [1.29, 1.82) is 0 Å². The molecule has 1 heterocycles. The lowest BCUT2D eigenvalue weighted by Crippen LogP contribution is -2.46. The highest BCUT2D eigenvalue weighted by Crippen LogP contribution is 2.20. The Morgan fingerprint density at radius 3 is 2.33 bits per heavy atom. The van der Waals surface area contributed by atoms with E-state index >= 15 is 0 Å². The Morgan fingerprint density at radius 2 is 1.87 bits per heavy atom. The van der Waals surface area contributed by atoms with Gasteiger partial charge in [0.25, 0.3) is 5.92 Å². The lowest BCUT2D eigenvalue weighted by molar-refractivity contribution is -0.0658. The van der Waals surface area contributed by atoms with E-state index in [4.69, 9.17) is 9.84 Å². The molecule has 2 atom stereocenters. The molecule has 0 spiro atoms. The SMILES string of the molecule is CC1CC(NCC(F)(F)CO)CC(C)O1. The molecule has 15 heavy (non-hydrogen) atoms. The van der Waals surface area contributed by atoms with Crippen LogP contribution in [0.4, 0.5) is 8.78 Å².